The van der Waals surface area contributed by atoms with Gasteiger partial charge in [0.15, 0.2) is 0 Å². The van der Waals surface area contributed by atoms with Crippen molar-refractivity contribution in [3.8, 4) is 0 Å². The Morgan fingerprint density at radius 2 is 2.20 bits per heavy atom. The zero-order valence-corrected chi connectivity index (χ0v) is 13.4. The molecule has 1 aromatic rings. The molecule has 20 heavy (non-hydrogen) atoms. The van der Waals surface area contributed by atoms with Crippen molar-refractivity contribution in [3.63, 3.8) is 0 Å². The van der Waals surface area contributed by atoms with E-state index in [1.807, 2.05) is 14.0 Å². The highest BCUT2D eigenvalue weighted by Crippen LogP contribution is 2.37. The number of hydrogen-bond acceptors (Lipinski definition) is 4. The van der Waals surface area contributed by atoms with Crippen LogP contribution in [0.3, 0.4) is 0 Å². The highest BCUT2D eigenvalue weighted by molar-refractivity contribution is 7.89. The van der Waals surface area contributed by atoms with E-state index in [4.69, 9.17) is 16.7 Å². The molecule has 0 amide bonds. The van der Waals surface area contributed by atoms with Crippen LogP contribution in [0.4, 0.5) is 0 Å². The maximum atomic E-state index is 11.0. The zero-order valence-electron chi connectivity index (χ0n) is 11.8. The Labute approximate surface area is 124 Å². The second-order valence-electron chi connectivity index (χ2n) is 5.33. The zero-order chi connectivity index (χ0) is 14.9. The van der Waals surface area contributed by atoms with E-state index in [1.54, 1.807) is 4.68 Å². The van der Waals surface area contributed by atoms with Crippen LogP contribution in [0.1, 0.15) is 36.6 Å². The Hall–Kier alpha value is -0.630. The van der Waals surface area contributed by atoms with Crippen molar-refractivity contribution >= 4 is 21.6 Å². The fourth-order valence-corrected chi connectivity index (χ4v) is 3.75. The molecule has 1 atom stereocenters. The number of nitrogens with zero attached hydrogens (tertiary/aromatic N) is 3. The summed E-state index contributed by atoms with van der Waals surface area (Å²) in [4.78, 5) is 2.28. The van der Waals surface area contributed by atoms with Crippen molar-refractivity contribution in [2.45, 2.75) is 32.2 Å². The predicted octanol–water partition coefficient (Wildman–Crippen LogP) is 1.20. The molecule has 0 radical (unpaired) electrons. The molecule has 1 aliphatic heterocycles. The molecule has 0 saturated carbocycles. The first-order chi connectivity index (χ1) is 9.29. The van der Waals surface area contributed by atoms with Crippen LogP contribution in [-0.4, -0.2) is 41.9 Å². The van der Waals surface area contributed by atoms with E-state index >= 15 is 0 Å². The highest BCUT2D eigenvalue weighted by Gasteiger charge is 2.30. The molecule has 0 bridgehead atoms. The minimum atomic E-state index is -3.38. The van der Waals surface area contributed by atoms with E-state index in [0.717, 1.165) is 30.6 Å². The quantitative estimate of drug-likeness (QED) is 0.883. The Morgan fingerprint density at radius 1 is 1.50 bits per heavy atom. The smallest absolute Gasteiger partial charge is 0.209 e. The van der Waals surface area contributed by atoms with Crippen LogP contribution in [0, 0.1) is 6.92 Å². The molecule has 0 spiro atoms. The average Bonchev–Trinajstić information content (AvgIpc) is 2.84. The molecule has 1 fully saturated rings. The minimum Gasteiger partial charge on any atom is -0.296 e. The minimum absolute atomic E-state index is 0.0238. The van der Waals surface area contributed by atoms with E-state index in [2.05, 4.69) is 10.00 Å². The Morgan fingerprint density at radius 3 is 2.75 bits per heavy atom. The summed E-state index contributed by atoms with van der Waals surface area (Å²) >= 11 is 6.32. The lowest BCUT2D eigenvalue weighted by molar-refractivity contribution is 0.257. The van der Waals surface area contributed by atoms with Gasteiger partial charge in [0.05, 0.1) is 11.4 Å². The number of likely N-dealkylation sites (tertiary alicyclic amines) is 1. The summed E-state index contributed by atoms with van der Waals surface area (Å²) in [5.41, 5.74) is 2.02. The summed E-state index contributed by atoms with van der Waals surface area (Å²) in [6.45, 7) is 3.63. The monoisotopic (exact) mass is 320 g/mol. The number of nitrogens with two attached hydrogens (primary N) is 1. The number of halogens is 1. The first kappa shape index (κ1) is 15.8. The first-order valence-electron chi connectivity index (χ1n) is 6.73. The summed E-state index contributed by atoms with van der Waals surface area (Å²) < 4.78 is 23.7. The van der Waals surface area contributed by atoms with Gasteiger partial charge in [0.2, 0.25) is 10.0 Å². The van der Waals surface area contributed by atoms with Gasteiger partial charge in [0.1, 0.15) is 5.15 Å². The lowest BCUT2D eigenvalue weighted by atomic mass is 10.1. The number of primary sulfonamides is 1. The van der Waals surface area contributed by atoms with Gasteiger partial charge < -0.3 is 0 Å². The first-order valence-corrected chi connectivity index (χ1v) is 8.82. The molecular formula is C12H21ClN4O2S. The SMILES string of the molecule is Cc1nn(C)c(Cl)c1[C@@H]1CCCN1CCCS(N)(=O)=O. The van der Waals surface area contributed by atoms with E-state index in [-0.39, 0.29) is 11.8 Å². The van der Waals surface area contributed by atoms with Gasteiger partial charge in [-0.05, 0) is 39.3 Å². The van der Waals surface area contributed by atoms with Gasteiger partial charge in [-0.1, -0.05) is 11.6 Å². The molecule has 2 N–H and O–H groups in total. The molecule has 1 aromatic heterocycles. The summed E-state index contributed by atoms with van der Waals surface area (Å²) in [5, 5.41) is 10.1. The second-order valence-corrected chi connectivity index (χ2v) is 7.42. The molecular weight excluding hydrogens is 300 g/mol. The molecule has 0 unspecified atom stereocenters. The maximum absolute atomic E-state index is 11.0. The fraction of sp³-hybridized carbons (Fsp3) is 0.750. The molecule has 2 heterocycles. The number of hydrogen-bond donors (Lipinski definition) is 1. The average molecular weight is 321 g/mol. The van der Waals surface area contributed by atoms with Crippen molar-refractivity contribution in [2.75, 3.05) is 18.8 Å². The van der Waals surface area contributed by atoms with Gasteiger partial charge >= 0.3 is 0 Å². The van der Waals surface area contributed by atoms with Crippen LogP contribution in [0.25, 0.3) is 0 Å². The molecule has 0 aliphatic carbocycles. The van der Waals surface area contributed by atoms with Gasteiger partial charge in [-0.2, -0.15) is 5.10 Å². The van der Waals surface area contributed by atoms with E-state index in [1.165, 1.54) is 0 Å². The van der Waals surface area contributed by atoms with Crippen molar-refractivity contribution in [3.05, 3.63) is 16.4 Å². The predicted molar refractivity (Wildman–Crippen MR) is 79.1 cm³/mol. The van der Waals surface area contributed by atoms with Crippen molar-refractivity contribution in [1.82, 2.24) is 14.7 Å². The van der Waals surface area contributed by atoms with Crippen LogP contribution in [0.5, 0.6) is 0 Å². The largest absolute Gasteiger partial charge is 0.296 e. The van der Waals surface area contributed by atoms with Gasteiger partial charge in [-0.15, -0.1) is 0 Å². The lowest BCUT2D eigenvalue weighted by Crippen LogP contribution is -2.27. The standard InChI is InChI=1S/C12H21ClN4O2S/c1-9-11(12(13)16(2)15-9)10-5-3-6-17(10)7-4-8-20(14,18)19/h10H,3-8H2,1-2H3,(H2,14,18,19)/t10-/m0/s1. The molecule has 8 heteroatoms. The molecule has 1 saturated heterocycles. The molecule has 0 aromatic carbocycles. The van der Waals surface area contributed by atoms with Crippen LogP contribution in [-0.2, 0) is 17.1 Å². The molecule has 114 valence electrons. The number of sulfonamides is 1. The third-order valence-electron chi connectivity index (χ3n) is 3.77. The van der Waals surface area contributed by atoms with Gasteiger partial charge in [0, 0.05) is 18.7 Å². The van der Waals surface area contributed by atoms with Crippen molar-refractivity contribution in [2.24, 2.45) is 12.2 Å². The topological polar surface area (TPSA) is 81.2 Å². The van der Waals surface area contributed by atoms with Crippen LogP contribution >= 0.6 is 11.6 Å². The molecule has 1 aliphatic rings. The van der Waals surface area contributed by atoms with Gasteiger partial charge in [-0.25, -0.2) is 13.6 Å². The Bertz CT molecular complexity index is 585. The van der Waals surface area contributed by atoms with Gasteiger partial charge in [0.25, 0.3) is 0 Å². The number of aryl methyl sites for hydroxylation is 2. The third-order valence-corrected chi connectivity index (χ3v) is 5.07. The van der Waals surface area contributed by atoms with Crippen LogP contribution in [0.2, 0.25) is 5.15 Å². The molecule has 2 rings (SSSR count). The lowest BCUT2D eigenvalue weighted by Gasteiger charge is -2.24. The highest BCUT2D eigenvalue weighted by atomic mass is 35.5. The van der Waals surface area contributed by atoms with Crippen LogP contribution < -0.4 is 5.14 Å². The summed E-state index contributed by atoms with van der Waals surface area (Å²) in [5.74, 6) is 0.0238. The van der Waals surface area contributed by atoms with Gasteiger partial charge in [-0.3, -0.25) is 9.58 Å². The second kappa shape index (κ2) is 6.01. The van der Waals surface area contributed by atoms with E-state index in [9.17, 15) is 8.42 Å². The number of rotatable bonds is 5. The van der Waals surface area contributed by atoms with E-state index in [0.29, 0.717) is 18.1 Å². The normalized spacial score (nSPS) is 20.7. The summed E-state index contributed by atoms with van der Waals surface area (Å²) in [7, 11) is -1.55. The molecule has 6 nitrogen and oxygen atoms in total. The Balaban J connectivity index is 2.07. The number of aromatic nitrogens is 2. The summed E-state index contributed by atoms with van der Waals surface area (Å²) in [6.07, 6.45) is 2.67. The fourth-order valence-electron chi connectivity index (χ4n) is 2.91. The Kier molecular flexibility index (Phi) is 4.73. The maximum Gasteiger partial charge on any atom is 0.209 e. The van der Waals surface area contributed by atoms with E-state index < -0.39 is 10.0 Å². The van der Waals surface area contributed by atoms with Crippen molar-refractivity contribution in [1.29, 1.82) is 0 Å². The third kappa shape index (κ3) is 3.52. The van der Waals surface area contributed by atoms with Crippen LogP contribution in [0.15, 0.2) is 0 Å². The summed E-state index contributed by atoms with van der Waals surface area (Å²) in [6, 6.07) is 0.233. The van der Waals surface area contributed by atoms with Crippen molar-refractivity contribution < 1.29 is 8.42 Å².